The number of hydrogen-bond donors (Lipinski definition) is 1. The number of carboxylic acid groups (broad SMARTS) is 1. The number of hydrogen-bond acceptors (Lipinski definition) is 4. The first-order valence-electron chi connectivity index (χ1n) is 7.25. The number of aryl methyl sites for hydroxylation is 1. The molecule has 3 rings (SSSR count). The van der Waals surface area contributed by atoms with E-state index in [-0.39, 0.29) is 12.3 Å². The molecule has 0 atom stereocenters. The van der Waals surface area contributed by atoms with Crippen LogP contribution in [0.4, 0.5) is 0 Å². The molecule has 0 spiro atoms. The molecular weight excluding hydrogens is 364 g/mol. The second-order valence-electron chi connectivity index (χ2n) is 5.24. The standard InChI is InChI=1S/C17H13ClN2O4S/c1-10-9-25-17(19-15(21)11-3-2-4-12(18)7-11)20(10)8-13-5-6-14(24-13)16(22)23/h2-7,9H,8H2,1H3,(H,22,23). The van der Waals surface area contributed by atoms with Crippen molar-refractivity contribution in [3.05, 3.63) is 74.4 Å². The predicted molar refractivity (Wildman–Crippen MR) is 93.2 cm³/mol. The van der Waals surface area contributed by atoms with Crippen LogP contribution in [0.15, 0.2) is 51.2 Å². The fourth-order valence-electron chi connectivity index (χ4n) is 2.20. The molecule has 0 saturated heterocycles. The van der Waals surface area contributed by atoms with Gasteiger partial charge in [-0.15, -0.1) is 11.3 Å². The molecule has 1 amide bonds. The van der Waals surface area contributed by atoms with Gasteiger partial charge in [-0.3, -0.25) is 4.79 Å². The van der Waals surface area contributed by atoms with Crippen molar-refractivity contribution in [2.45, 2.75) is 13.5 Å². The second-order valence-corrected chi connectivity index (χ2v) is 6.52. The third-order valence-corrected chi connectivity index (χ3v) is 4.66. The van der Waals surface area contributed by atoms with Crippen molar-refractivity contribution in [2.75, 3.05) is 0 Å². The van der Waals surface area contributed by atoms with Gasteiger partial charge in [0.2, 0.25) is 5.76 Å². The number of rotatable bonds is 4. The molecule has 0 saturated carbocycles. The number of thiazole rings is 1. The van der Waals surface area contributed by atoms with Crippen LogP contribution in [-0.4, -0.2) is 21.6 Å². The fourth-order valence-corrected chi connectivity index (χ4v) is 3.27. The van der Waals surface area contributed by atoms with Gasteiger partial charge in [0.05, 0.1) is 6.54 Å². The van der Waals surface area contributed by atoms with Gasteiger partial charge in [0, 0.05) is 21.7 Å². The van der Waals surface area contributed by atoms with E-state index in [0.29, 0.717) is 21.1 Å². The second kappa shape index (κ2) is 7.08. The maximum atomic E-state index is 12.3. The summed E-state index contributed by atoms with van der Waals surface area (Å²) in [5.74, 6) is -1.18. The van der Waals surface area contributed by atoms with Gasteiger partial charge in [-0.05, 0) is 37.3 Å². The minimum absolute atomic E-state index is 0.128. The highest BCUT2D eigenvalue weighted by Crippen LogP contribution is 2.13. The largest absolute Gasteiger partial charge is 0.475 e. The van der Waals surface area contributed by atoms with Crippen LogP contribution in [0.5, 0.6) is 0 Å². The van der Waals surface area contributed by atoms with E-state index in [0.717, 1.165) is 5.69 Å². The molecule has 6 nitrogen and oxygen atoms in total. The Labute approximate surface area is 151 Å². The van der Waals surface area contributed by atoms with Gasteiger partial charge >= 0.3 is 5.97 Å². The molecule has 0 aliphatic rings. The molecule has 0 fully saturated rings. The van der Waals surface area contributed by atoms with Crippen molar-refractivity contribution in [3.8, 4) is 0 Å². The lowest BCUT2D eigenvalue weighted by atomic mass is 10.2. The molecule has 1 N–H and O–H groups in total. The summed E-state index contributed by atoms with van der Waals surface area (Å²) < 4.78 is 7.06. The number of halogens is 1. The topological polar surface area (TPSA) is 84.8 Å². The van der Waals surface area contributed by atoms with Gasteiger partial charge < -0.3 is 14.1 Å². The van der Waals surface area contributed by atoms with Crippen molar-refractivity contribution >= 4 is 34.8 Å². The van der Waals surface area contributed by atoms with Crippen LogP contribution < -0.4 is 4.80 Å². The van der Waals surface area contributed by atoms with E-state index in [1.165, 1.54) is 17.4 Å². The summed E-state index contributed by atoms with van der Waals surface area (Å²) in [6.07, 6.45) is 0. The summed E-state index contributed by atoms with van der Waals surface area (Å²) >= 11 is 7.23. The fraction of sp³-hybridized carbons (Fsp3) is 0.118. The average Bonchev–Trinajstić information content (AvgIpc) is 3.17. The van der Waals surface area contributed by atoms with E-state index in [4.69, 9.17) is 21.1 Å². The Morgan fingerprint density at radius 2 is 2.12 bits per heavy atom. The molecule has 2 heterocycles. The maximum absolute atomic E-state index is 12.3. The number of amides is 1. The van der Waals surface area contributed by atoms with Crippen LogP contribution in [0.1, 0.15) is 32.4 Å². The zero-order chi connectivity index (χ0) is 18.0. The molecule has 0 radical (unpaired) electrons. The van der Waals surface area contributed by atoms with Crippen LogP contribution in [-0.2, 0) is 6.54 Å². The van der Waals surface area contributed by atoms with Crippen molar-refractivity contribution in [1.82, 2.24) is 4.57 Å². The Kier molecular flexibility index (Phi) is 4.87. The molecule has 2 aromatic heterocycles. The lowest BCUT2D eigenvalue weighted by molar-refractivity contribution is 0.0660. The summed E-state index contributed by atoms with van der Waals surface area (Å²) in [6, 6.07) is 9.57. The smallest absolute Gasteiger partial charge is 0.371 e. The van der Waals surface area contributed by atoms with E-state index in [1.807, 2.05) is 12.3 Å². The molecule has 0 aliphatic carbocycles. The molecule has 1 aromatic carbocycles. The Bertz CT molecular complexity index is 1020. The number of carbonyl (C=O) groups excluding carboxylic acids is 1. The maximum Gasteiger partial charge on any atom is 0.371 e. The van der Waals surface area contributed by atoms with E-state index < -0.39 is 11.9 Å². The zero-order valence-electron chi connectivity index (χ0n) is 13.1. The van der Waals surface area contributed by atoms with Crippen LogP contribution in [0.3, 0.4) is 0 Å². The number of aromatic carboxylic acids is 1. The predicted octanol–water partition coefficient (Wildman–Crippen LogP) is 3.59. The summed E-state index contributed by atoms with van der Waals surface area (Å²) in [5, 5.41) is 11.3. The van der Waals surface area contributed by atoms with E-state index in [9.17, 15) is 9.59 Å². The molecule has 25 heavy (non-hydrogen) atoms. The van der Waals surface area contributed by atoms with E-state index in [2.05, 4.69) is 4.99 Å². The van der Waals surface area contributed by atoms with Crippen molar-refractivity contribution in [2.24, 2.45) is 4.99 Å². The summed E-state index contributed by atoms with van der Waals surface area (Å²) in [5.41, 5.74) is 1.28. The van der Waals surface area contributed by atoms with Crippen LogP contribution in [0, 0.1) is 6.92 Å². The first kappa shape index (κ1) is 17.2. The highest BCUT2D eigenvalue weighted by molar-refractivity contribution is 7.07. The van der Waals surface area contributed by atoms with E-state index >= 15 is 0 Å². The Balaban J connectivity index is 1.93. The number of furan rings is 1. The number of carboxylic acids is 1. The van der Waals surface area contributed by atoms with Gasteiger partial charge in [-0.25, -0.2) is 4.79 Å². The molecule has 8 heteroatoms. The third kappa shape index (κ3) is 3.89. The van der Waals surface area contributed by atoms with Crippen molar-refractivity contribution in [3.63, 3.8) is 0 Å². The minimum Gasteiger partial charge on any atom is -0.475 e. The van der Waals surface area contributed by atoms with Gasteiger partial charge in [0.25, 0.3) is 5.91 Å². The quantitative estimate of drug-likeness (QED) is 0.754. The minimum atomic E-state index is -1.13. The Morgan fingerprint density at radius 3 is 2.80 bits per heavy atom. The van der Waals surface area contributed by atoms with Crippen molar-refractivity contribution < 1.29 is 19.1 Å². The zero-order valence-corrected chi connectivity index (χ0v) is 14.7. The highest BCUT2D eigenvalue weighted by atomic mass is 35.5. The lowest BCUT2D eigenvalue weighted by Crippen LogP contribution is -2.18. The van der Waals surface area contributed by atoms with Gasteiger partial charge in [0.1, 0.15) is 5.76 Å². The highest BCUT2D eigenvalue weighted by Gasteiger charge is 2.12. The number of nitrogens with zero attached hydrogens (tertiary/aromatic N) is 2. The normalized spacial score (nSPS) is 11.7. The summed E-state index contributed by atoms with van der Waals surface area (Å²) in [6.45, 7) is 2.16. The molecule has 128 valence electrons. The van der Waals surface area contributed by atoms with Crippen LogP contribution in [0.2, 0.25) is 5.02 Å². The lowest BCUT2D eigenvalue weighted by Gasteiger charge is -2.03. The number of carbonyl (C=O) groups is 2. The summed E-state index contributed by atoms with van der Waals surface area (Å²) in [7, 11) is 0. The molecule has 0 unspecified atom stereocenters. The van der Waals surface area contributed by atoms with Crippen LogP contribution >= 0.6 is 22.9 Å². The molecular formula is C17H13ClN2O4S. The first-order chi connectivity index (χ1) is 11.9. The summed E-state index contributed by atoms with van der Waals surface area (Å²) in [4.78, 5) is 27.9. The number of aromatic nitrogens is 1. The van der Waals surface area contributed by atoms with E-state index in [1.54, 1.807) is 34.9 Å². The van der Waals surface area contributed by atoms with Gasteiger partial charge in [-0.2, -0.15) is 4.99 Å². The SMILES string of the molecule is Cc1csc(=NC(=O)c2cccc(Cl)c2)n1Cc1ccc(C(=O)O)o1. The first-order valence-corrected chi connectivity index (χ1v) is 8.51. The monoisotopic (exact) mass is 376 g/mol. The third-order valence-electron chi connectivity index (χ3n) is 3.45. The van der Waals surface area contributed by atoms with Crippen molar-refractivity contribution in [1.29, 1.82) is 0 Å². The average molecular weight is 377 g/mol. The molecule has 0 bridgehead atoms. The van der Waals surface area contributed by atoms with Gasteiger partial charge in [-0.1, -0.05) is 17.7 Å². The molecule has 3 aromatic rings. The van der Waals surface area contributed by atoms with Crippen LogP contribution in [0.25, 0.3) is 0 Å². The van der Waals surface area contributed by atoms with Gasteiger partial charge in [0.15, 0.2) is 4.80 Å². The Hall–Kier alpha value is -2.64. The molecule has 0 aliphatic heterocycles. The number of benzene rings is 1. The Morgan fingerprint density at radius 1 is 1.32 bits per heavy atom.